The van der Waals surface area contributed by atoms with E-state index in [4.69, 9.17) is 5.11 Å². The molecule has 3 heteroatoms. The van der Waals surface area contributed by atoms with Gasteiger partial charge in [0, 0.05) is 11.4 Å². The quantitative estimate of drug-likeness (QED) is 0.642. The summed E-state index contributed by atoms with van der Waals surface area (Å²) in [6.45, 7) is 7.46. The van der Waals surface area contributed by atoms with Gasteiger partial charge in [0.25, 0.3) is 0 Å². The third-order valence-corrected chi connectivity index (χ3v) is 2.48. The van der Waals surface area contributed by atoms with Gasteiger partial charge in [-0.15, -0.1) is 11.8 Å². The van der Waals surface area contributed by atoms with E-state index >= 15 is 0 Å². The van der Waals surface area contributed by atoms with Gasteiger partial charge in [0.05, 0.1) is 6.61 Å². The van der Waals surface area contributed by atoms with Crippen LogP contribution in [0.15, 0.2) is 0 Å². The first kappa shape index (κ1) is 11.3. The zero-order valence-corrected chi connectivity index (χ0v) is 8.74. The van der Waals surface area contributed by atoms with Crippen LogP contribution in [0.4, 0.5) is 0 Å². The molecule has 0 bridgehead atoms. The van der Waals surface area contributed by atoms with E-state index in [2.05, 4.69) is 31.9 Å². The normalized spacial score (nSPS) is 12.5. The van der Waals surface area contributed by atoms with Gasteiger partial charge in [-0.05, 0) is 26.6 Å². The summed E-state index contributed by atoms with van der Waals surface area (Å²) in [6.07, 6.45) is 2.08. The number of likely N-dealkylation sites (N-methyl/N-ethyl adjacent to an activating group) is 1. The zero-order chi connectivity index (χ0) is 8.91. The molecule has 0 saturated carbocycles. The van der Waals surface area contributed by atoms with Crippen molar-refractivity contribution in [2.45, 2.75) is 26.3 Å². The van der Waals surface area contributed by atoms with E-state index in [1.807, 2.05) is 0 Å². The van der Waals surface area contributed by atoms with Gasteiger partial charge in [-0.25, -0.2) is 0 Å². The Bertz CT molecular complexity index is 106. The molecule has 0 aliphatic rings. The molecule has 0 atom stereocenters. The van der Waals surface area contributed by atoms with E-state index in [1.54, 1.807) is 11.8 Å². The Morgan fingerprint density at radius 3 is 2.27 bits per heavy atom. The van der Waals surface area contributed by atoms with E-state index in [-0.39, 0.29) is 12.1 Å². The molecule has 68 valence electrons. The highest BCUT2D eigenvalue weighted by Crippen LogP contribution is 2.15. The van der Waals surface area contributed by atoms with Gasteiger partial charge in [-0.3, -0.25) is 4.90 Å². The van der Waals surface area contributed by atoms with E-state index < -0.39 is 0 Å². The maximum Gasteiger partial charge on any atom is 0.0610 e. The lowest BCUT2D eigenvalue weighted by Crippen LogP contribution is -2.46. The zero-order valence-electron chi connectivity index (χ0n) is 7.92. The molecule has 0 radical (unpaired) electrons. The summed E-state index contributed by atoms with van der Waals surface area (Å²) >= 11 is 1.79. The summed E-state index contributed by atoms with van der Waals surface area (Å²) in [6, 6.07) is 0. The van der Waals surface area contributed by atoms with Crippen molar-refractivity contribution in [3.63, 3.8) is 0 Å². The maximum atomic E-state index is 9.07. The SMILES string of the molecule is CCN(CSC)C(C)(C)CO. The van der Waals surface area contributed by atoms with Crippen molar-refractivity contribution >= 4 is 11.8 Å². The highest BCUT2D eigenvalue weighted by atomic mass is 32.2. The lowest BCUT2D eigenvalue weighted by Gasteiger charge is -2.35. The summed E-state index contributed by atoms with van der Waals surface area (Å²) in [5.41, 5.74) is -0.0717. The summed E-state index contributed by atoms with van der Waals surface area (Å²) in [7, 11) is 0. The number of nitrogens with zero attached hydrogens (tertiary/aromatic N) is 1. The van der Waals surface area contributed by atoms with Gasteiger partial charge in [-0.1, -0.05) is 6.92 Å². The van der Waals surface area contributed by atoms with Crippen molar-refractivity contribution < 1.29 is 5.11 Å². The average molecular weight is 177 g/mol. The molecule has 0 aromatic heterocycles. The molecule has 2 nitrogen and oxygen atoms in total. The number of aliphatic hydroxyl groups excluding tert-OH is 1. The molecule has 0 aliphatic carbocycles. The summed E-state index contributed by atoms with van der Waals surface area (Å²) < 4.78 is 0. The molecule has 0 fully saturated rings. The molecule has 0 rings (SSSR count). The van der Waals surface area contributed by atoms with Crippen LogP contribution in [0.5, 0.6) is 0 Å². The first-order chi connectivity index (χ1) is 5.08. The monoisotopic (exact) mass is 177 g/mol. The molecular formula is C8H19NOS. The number of aliphatic hydroxyl groups is 1. The van der Waals surface area contributed by atoms with Crippen molar-refractivity contribution in [1.82, 2.24) is 4.90 Å². The van der Waals surface area contributed by atoms with Crippen molar-refractivity contribution in [3.8, 4) is 0 Å². The molecule has 0 amide bonds. The van der Waals surface area contributed by atoms with E-state index in [9.17, 15) is 0 Å². The first-order valence-electron chi connectivity index (χ1n) is 3.93. The van der Waals surface area contributed by atoms with E-state index in [0.717, 1.165) is 12.4 Å². The standard InChI is InChI=1S/C8H19NOS/c1-5-9(7-11-4)8(2,3)6-10/h10H,5-7H2,1-4H3. The molecule has 0 spiro atoms. The van der Waals surface area contributed by atoms with Gasteiger partial charge in [0.1, 0.15) is 0 Å². The number of hydrogen-bond acceptors (Lipinski definition) is 3. The van der Waals surface area contributed by atoms with Crippen LogP contribution in [-0.4, -0.2) is 40.8 Å². The van der Waals surface area contributed by atoms with Crippen LogP contribution in [0.1, 0.15) is 20.8 Å². The summed E-state index contributed by atoms with van der Waals surface area (Å²) in [5, 5.41) is 9.07. The van der Waals surface area contributed by atoms with Crippen LogP contribution in [0.3, 0.4) is 0 Å². The molecule has 0 aliphatic heterocycles. The van der Waals surface area contributed by atoms with Gasteiger partial charge >= 0.3 is 0 Å². The highest BCUT2D eigenvalue weighted by molar-refractivity contribution is 7.98. The van der Waals surface area contributed by atoms with E-state index in [0.29, 0.717) is 0 Å². The Labute approximate surface area is 74.0 Å². The second-order valence-electron chi connectivity index (χ2n) is 3.24. The number of rotatable bonds is 5. The Morgan fingerprint density at radius 2 is 2.00 bits per heavy atom. The number of hydrogen-bond donors (Lipinski definition) is 1. The van der Waals surface area contributed by atoms with Crippen LogP contribution in [0, 0.1) is 0 Å². The lowest BCUT2D eigenvalue weighted by molar-refractivity contribution is 0.0784. The van der Waals surface area contributed by atoms with Gasteiger partial charge < -0.3 is 5.11 Å². The predicted molar refractivity (Wildman–Crippen MR) is 51.9 cm³/mol. The number of thioether (sulfide) groups is 1. The minimum Gasteiger partial charge on any atom is -0.394 e. The fourth-order valence-electron chi connectivity index (χ4n) is 0.950. The van der Waals surface area contributed by atoms with Crippen LogP contribution in [-0.2, 0) is 0 Å². The Morgan fingerprint density at radius 1 is 1.45 bits per heavy atom. The fraction of sp³-hybridized carbons (Fsp3) is 1.00. The van der Waals surface area contributed by atoms with Crippen LogP contribution in [0.25, 0.3) is 0 Å². The largest absolute Gasteiger partial charge is 0.394 e. The van der Waals surface area contributed by atoms with Gasteiger partial charge in [-0.2, -0.15) is 0 Å². The topological polar surface area (TPSA) is 23.5 Å². The molecule has 0 saturated heterocycles. The molecule has 11 heavy (non-hydrogen) atoms. The van der Waals surface area contributed by atoms with Crippen molar-refractivity contribution in [1.29, 1.82) is 0 Å². The van der Waals surface area contributed by atoms with Crippen LogP contribution < -0.4 is 0 Å². The third-order valence-electron chi connectivity index (χ3n) is 1.91. The third kappa shape index (κ3) is 3.45. The Kier molecular flexibility index (Phi) is 5.13. The molecule has 0 heterocycles. The second kappa shape index (κ2) is 5.01. The molecule has 1 N–H and O–H groups in total. The Hall–Kier alpha value is 0.270. The minimum atomic E-state index is -0.0717. The fourth-order valence-corrected chi connectivity index (χ4v) is 1.79. The van der Waals surface area contributed by atoms with Crippen molar-refractivity contribution in [2.24, 2.45) is 0 Å². The Balaban J connectivity index is 3.99. The van der Waals surface area contributed by atoms with E-state index in [1.165, 1.54) is 0 Å². The molecule has 0 aromatic carbocycles. The molecule has 0 unspecified atom stereocenters. The van der Waals surface area contributed by atoms with Gasteiger partial charge in [0.2, 0.25) is 0 Å². The average Bonchev–Trinajstić information content (AvgIpc) is 2.00. The smallest absolute Gasteiger partial charge is 0.0610 e. The second-order valence-corrected chi connectivity index (χ2v) is 4.08. The summed E-state index contributed by atoms with van der Waals surface area (Å²) in [5.74, 6) is 0.990. The van der Waals surface area contributed by atoms with Crippen LogP contribution in [0.2, 0.25) is 0 Å². The van der Waals surface area contributed by atoms with Crippen molar-refractivity contribution in [3.05, 3.63) is 0 Å². The van der Waals surface area contributed by atoms with Gasteiger partial charge in [0.15, 0.2) is 0 Å². The predicted octanol–water partition coefficient (Wildman–Crippen LogP) is 1.40. The first-order valence-corrected chi connectivity index (χ1v) is 5.32. The lowest BCUT2D eigenvalue weighted by atomic mass is 10.1. The minimum absolute atomic E-state index is 0.0717. The molecule has 0 aromatic rings. The summed E-state index contributed by atoms with van der Waals surface area (Å²) in [4.78, 5) is 2.26. The van der Waals surface area contributed by atoms with Crippen molar-refractivity contribution in [2.75, 3.05) is 25.3 Å². The maximum absolute atomic E-state index is 9.07. The molecular weight excluding hydrogens is 158 g/mol. The van der Waals surface area contributed by atoms with Crippen LogP contribution >= 0.6 is 11.8 Å². The highest BCUT2D eigenvalue weighted by Gasteiger charge is 2.23.